The summed E-state index contributed by atoms with van der Waals surface area (Å²) < 4.78 is 0. The molecular weight excluding hydrogens is 392 g/mol. The largest absolute Gasteiger partial charge is 0.350 e. The molecule has 2 aliphatic heterocycles. The molecule has 2 heterocycles. The molecule has 0 spiro atoms. The van der Waals surface area contributed by atoms with E-state index in [-0.39, 0.29) is 12.2 Å². The Balaban J connectivity index is 1.75. The van der Waals surface area contributed by atoms with Crippen molar-refractivity contribution in [1.29, 1.82) is 0 Å². The summed E-state index contributed by atoms with van der Waals surface area (Å²) in [5.41, 5.74) is 0.595. The molecule has 0 radical (unpaired) electrons. The second-order valence-electron chi connectivity index (χ2n) is 7.21. The number of likely N-dealkylation sites (N-methyl/N-ethyl adjacent to an activating group) is 2. The first-order valence-electron chi connectivity index (χ1n) is 9.07. The number of carbonyl (C=O) groups excluding carboxylic acids is 3. The molecule has 0 saturated carbocycles. The van der Waals surface area contributed by atoms with Gasteiger partial charge < -0.3 is 4.90 Å². The third-order valence-electron chi connectivity index (χ3n) is 5.49. The van der Waals surface area contributed by atoms with Gasteiger partial charge in [-0.1, -0.05) is 35.9 Å². The van der Waals surface area contributed by atoms with Crippen LogP contribution in [0.1, 0.15) is 21.5 Å². The van der Waals surface area contributed by atoms with Crippen molar-refractivity contribution in [3.63, 3.8) is 0 Å². The molecule has 2 unspecified atom stereocenters. The van der Waals surface area contributed by atoms with Gasteiger partial charge in [-0.15, -0.1) is 0 Å². The van der Waals surface area contributed by atoms with Crippen molar-refractivity contribution in [2.45, 2.75) is 18.1 Å². The van der Waals surface area contributed by atoms with Crippen molar-refractivity contribution < 1.29 is 14.4 Å². The first-order chi connectivity index (χ1) is 13.8. The molecule has 148 valence electrons. The van der Waals surface area contributed by atoms with Crippen LogP contribution in [0, 0.1) is 0 Å². The van der Waals surface area contributed by atoms with Crippen molar-refractivity contribution >= 4 is 35.7 Å². The van der Waals surface area contributed by atoms with E-state index < -0.39 is 23.6 Å². The SMILES string of the molecule is CN1C=NC2(Cc3ccccc3C(=O)c3ccc(Cl)cc3)C1C(=O)NC(=O)N2C. The summed E-state index contributed by atoms with van der Waals surface area (Å²) in [5, 5.41) is 2.91. The first kappa shape index (κ1) is 19.1. The van der Waals surface area contributed by atoms with Crippen LogP contribution in [0.25, 0.3) is 0 Å². The second-order valence-corrected chi connectivity index (χ2v) is 7.65. The number of halogens is 1. The number of fused-ring (bicyclic) bond motifs is 1. The molecule has 0 aliphatic carbocycles. The fraction of sp³-hybridized carbons (Fsp3) is 0.238. The molecule has 4 rings (SSSR count). The molecule has 3 amide bonds. The number of urea groups is 1. The van der Waals surface area contributed by atoms with E-state index in [2.05, 4.69) is 10.3 Å². The molecule has 7 nitrogen and oxygen atoms in total. The highest BCUT2D eigenvalue weighted by atomic mass is 35.5. The Morgan fingerprint density at radius 3 is 2.55 bits per heavy atom. The summed E-state index contributed by atoms with van der Waals surface area (Å²) in [7, 11) is 3.35. The van der Waals surface area contributed by atoms with Crippen LogP contribution in [0.2, 0.25) is 5.02 Å². The lowest BCUT2D eigenvalue weighted by atomic mass is 9.86. The number of ketones is 1. The zero-order valence-corrected chi connectivity index (χ0v) is 16.7. The first-order valence-corrected chi connectivity index (χ1v) is 9.45. The van der Waals surface area contributed by atoms with Crippen molar-refractivity contribution in [3.05, 3.63) is 70.2 Å². The molecule has 0 aromatic heterocycles. The number of imide groups is 1. The van der Waals surface area contributed by atoms with E-state index in [1.165, 1.54) is 4.90 Å². The number of rotatable bonds is 4. The van der Waals surface area contributed by atoms with Crippen molar-refractivity contribution in [2.75, 3.05) is 14.1 Å². The van der Waals surface area contributed by atoms with Gasteiger partial charge in [0.15, 0.2) is 17.5 Å². The monoisotopic (exact) mass is 410 g/mol. The average molecular weight is 411 g/mol. The van der Waals surface area contributed by atoms with E-state index in [4.69, 9.17) is 11.6 Å². The Labute approximate surface area is 173 Å². The third kappa shape index (κ3) is 3.07. The summed E-state index contributed by atoms with van der Waals surface area (Å²) in [6, 6.07) is 12.7. The summed E-state index contributed by atoms with van der Waals surface area (Å²) >= 11 is 5.93. The van der Waals surface area contributed by atoms with Gasteiger partial charge >= 0.3 is 6.03 Å². The van der Waals surface area contributed by atoms with E-state index in [1.54, 1.807) is 61.7 Å². The van der Waals surface area contributed by atoms with Crippen LogP contribution in [0.3, 0.4) is 0 Å². The highest BCUT2D eigenvalue weighted by Crippen LogP contribution is 2.35. The molecule has 1 saturated heterocycles. The molecule has 0 bridgehead atoms. The quantitative estimate of drug-likeness (QED) is 0.784. The van der Waals surface area contributed by atoms with Gasteiger partial charge in [0.2, 0.25) is 0 Å². The van der Waals surface area contributed by atoms with Crippen molar-refractivity contribution in [1.82, 2.24) is 15.1 Å². The lowest BCUT2D eigenvalue weighted by Crippen LogP contribution is -2.70. The van der Waals surface area contributed by atoms with Gasteiger partial charge in [0.05, 0.1) is 6.34 Å². The highest BCUT2D eigenvalue weighted by Gasteiger charge is 2.56. The Morgan fingerprint density at radius 2 is 1.83 bits per heavy atom. The maximum atomic E-state index is 13.1. The molecule has 2 aromatic carbocycles. The summed E-state index contributed by atoms with van der Waals surface area (Å²) in [4.78, 5) is 45.7. The second kappa shape index (κ2) is 7.00. The molecule has 2 atom stereocenters. The zero-order chi connectivity index (χ0) is 20.8. The smallest absolute Gasteiger partial charge is 0.325 e. The number of nitrogens with zero attached hydrogens (tertiary/aromatic N) is 3. The third-order valence-corrected chi connectivity index (χ3v) is 5.74. The zero-order valence-electron chi connectivity index (χ0n) is 15.9. The van der Waals surface area contributed by atoms with E-state index in [1.807, 2.05) is 12.1 Å². The summed E-state index contributed by atoms with van der Waals surface area (Å²) in [6.45, 7) is 0. The average Bonchev–Trinajstić information content (AvgIpc) is 3.04. The number of benzene rings is 2. The Hall–Kier alpha value is -3.19. The van der Waals surface area contributed by atoms with Gasteiger partial charge in [-0.3, -0.25) is 19.8 Å². The van der Waals surface area contributed by atoms with E-state index in [9.17, 15) is 14.4 Å². The molecule has 8 heteroatoms. The van der Waals surface area contributed by atoms with Crippen molar-refractivity contribution in [3.8, 4) is 0 Å². The minimum atomic E-state index is -1.12. The Kier molecular flexibility index (Phi) is 4.62. The lowest BCUT2D eigenvalue weighted by molar-refractivity contribution is -0.129. The maximum Gasteiger partial charge on any atom is 0.325 e. The molecular formula is C21H19ClN4O3. The van der Waals surface area contributed by atoms with Crippen LogP contribution < -0.4 is 5.32 Å². The minimum Gasteiger partial charge on any atom is -0.350 e. The fourth-order valence-corrected chi connectivity index (χ4v) is 4.07. The van der Waals surface area contributed by atoms with Gasteiger partial charge in [0.1, 0.15) is 0 Å². The van der Waals surface area contributed by atoms with E-state index in [0.717, 1.165) is 0 Å². The molecule has 2 aliphatic rings. The van der Waals surface area contributed by atoms with Gasteiger partial charge in [0, 0.05) is 36.7 Å². The van der Waals surface area contributed by atoms with Gasteiger partial charge in [-0.2, -0.15) is 0 Å². The normalized spacial score (nSPS) is 23.2. The summed E-state index contributed by atoms with van der Waals surface area (Å²) in [6.07, 6.45) is 1.78. The molecule has 1 N–H and O–H groups in total. The van der Waals surface area contributed by atoms with E-state index >= 15 is 0 Å². The highest BCUT2D eigenvalue weighted by molar-refractivity contribution is 6.30. The predicted octanol–water partition coefficient (Wildman–Crippen LogP) is 2.33. The standard InChI is InChI=1S/C21H19ClN4O3/c1-25-12-23-21(18(25)19(28)24-20(29)26(21)2)11-14-5-3-4-6-16(14)17(27)13-7-9-15(22)10-8-13/h3-10,12,18H,11H2,1-2H3,(H,24,28,29). The van der Waals surface area contributed by atoms with Crippen LogP contribution in [-0.2, 0) is 11.2 Å². The van der Waals surface area contributed by atoms with Crippen LogP contribution in [-0.4, -0.2) is 59.7 Å². The van der Waals surface area contributed by atoms with Crippen LogP contribution >= 0.6 is 11.6 Å². The van der Waals surface area contributed by atoms with Gasteiger partial charge in [-0.05, 0) is 29.8 Å². The molecule has 2 aromatic rings. The lowest BCUT2D eigenvalue weighted by Gasteiger charge is -2.45. The number of amides is 3. The maximum absolute atomic E-state index is 13.1. The van der Waals surface area contributed by atoms with Crippen LogP contribution in [0.4, 0.5) is 4.79 Å². The Morgan fingerprint density at radius 1 is 1.14 bits per heavy atom. The molecule has 1 fully saturated rings. The number of hydrogen-bond acceptors (Lipinski definition) is 5. The van der Waals surface area contributed by atoms with Crippen molar-refractivity contribution in [2.24, 2.45) is 4.99 Å². The number of aliphatic imine (C=N–C) groups is 1. The number of hydrogen-bond donors (Lipinski definition) is 1. The topological polar surface area (TPSA) is 82.1 Å². The van der Waals surface area contributed by atoms with Gasteiger partial charge in [-0.25, -0.2) is 9.79 Å². The minimum absolute atomic E-state index is 0.158. The predicted molar refractivity (Wildman–Crippen MR) is 109 cm³/mol. The van der Waals surface area contributed by atoms with Gasteiger partial charge in [0.25, 0.3) is 5.91 Å². The number of nitrogens with one attached hydrogen (secondary N) is 1. The van der Waals surface area contributed by atoms with Crippen LogP contribution in [0.15, 0.2) is 53.5 Å². The Bertz CT molecular complexity index is 1040. The number of carbonyl (C=O) groups is 3. The fourth-order valence-electron chi connectivity index (χ4n) is 3.95. The summed E-state index contributed by atoms with van der Waals surface area (Å²) in [5.74, 6) is -0.565. The molecule has 29 heavy (non-hydrogen) atoms. The van der Waals surface area contributed by atoms with Crippen LogP contribution in [0.5, 0.6) is 0 Å². The van der Waals surface area contributed by atoms with E-state index in [0.29, 0.717) is 21.7 Å².